The van der Waals surface area contributed by atoms with E-state index in [2.05, 4.69) is 19.2 Å². The zero-order chi connectivity index (χ0) is 24.8. The summed E-state index contributed by atoms with van der Waals surface area (Å²) in [6.07, 6.45) is 0.752. The van der Waals surface area contributed by atoms with E-state index in [1.165, 1.54) is 17.0 Å². The normalized spacial score (nSPS) is 11.9. The maximum atomic E-state index is 13.7. The minimum atomic E-state index is -0.939. The summed E-state index contributed by atoms with van der Waals surface area (Å²) < 4.78 is 19.7. The zero-order valence-corrected chi connectivity index (χ0v) is 20.0. The molecule has 0 bridgehead atoms. The second kappa shape index (κ2) is 11.0. The predicted molar refractivity (Wildman–Crippen MR) is 130 cm³/mol. The first-order valence-corrected chi connectivity index (χ1v) is 11.3. The van der Waals surface area contributed by atoms with Crippen molar-refractivity contribution in [3.05, 3.63) is 77.3 Å². The van der Waals surface area contributed by atoms with Crippen LogP contribution in [0.1, 0.15) is 54.4 Å². The summed E-state index contributed by atoms with van der Waals surface area (Å²) in [6, 6.07) is 15.4. The third-order valence-corrected chi connectivity index (χ3v) is 5.63. The van der Waals surface area contributed by atoms with Crippen molar-refractivity contribution in [3.8, 4) is 11.3 Å². The van der Waals surface area contributed by atoms with Crippen molar-refractivity contribution < 1.29 is 23.5 Å². The summed E-state index contributed by atoms with van der Waals surface area (Å²) >= 11 is 0. The summed E-state index contributed by atoms with van der Waals surface area (Å²) in [5.74, 6) is 0.320. The summed E-state index contributed by atoms with van der Waals surface area (Å²) in [7, 11) is 1.59. The zero-order valence-electron chi connectivity index (χ0n) is 20.0. The number of hydrogen-bond donors (Lipinski definition) is 2. The van der Waals surface area contributed by atoms with Gasteiger partial charge >= 0.3 is 5.97 Å². The first-order valence-electron chi connectivity index (χ1n) is 11.3. The Labute approximate surface area is 199 Å². The fourth-order valence-corrected chi connectivity index (χ4v) is 3.86. The molecule has 0 aliphatic carbocycles. The predicted octanol–water partition coefficient (Wildman–Crippen LogP) is 6.14. The minimum Gasteiger partial charge on any atom is -0.481 e. The first kappa shape index (κ1) is 25.0. The highest BCUT2D eigenvalue weighted by atomic mass is 19.1. The molecule has 180 valence electrons. The Hall–Kier alpha value is -3.61. The molecule has 2 N–H and O–H groups in total. The smallest absolute Gasteiger partial charge is 0.305 e. The topological polar surface area (TPSA) is 82.8 Å². The number of carboxylic acid groups (broad SMARTS) is 1. The maximum absolute atomic E-state index is 13.7. The average molecular weight is 467 g/mol. The van der Waals surface area contributed by atoms with E-state index >= 15 is 0 Å². The molecule has 6 nitrogen and oxygen atoms in total. The van der Waals surface area contributed by atoms with Gasteiger partial charge in [0.2, 0.25) is 0 Å². The number of carbonyl (C=O) groups is 2. The quantitative estimate of drug-likeness (QED) is 0.375. The van der Waals surface area contributed by atoms with Gasteiger partial charge in [0.1, 0.15) is 17.3 Å². The van der Waals surface area contributed by atoms with Gasteiger partial charge in [-0.2, -0.15) is 0 Å². The SMILES string of the molecule is Cc1oc(-c2cccc(F)c2)cc1C(CC(C)C)Nc1ccc(C(=O)N(C)CCC(=O)O)cc1. The molecule has 3 rings (SSSR count). The number of carboxylic acids is 1. The molecular weight excluding hydrogens is 435 g/mol. The monoisotopic (exact) mass is 466 g/mol. The van der Waals surface area contributed by atoms with Crippen LogP contribution in [0.25, 0.3) is 11.3 Å². The summed E-state index contributed by atoms with van der Waals surface area (Å²) in [5, 5.41) is 12.4. The molecule has 0 saturated heterocycles. The fourth-order valence-electron chi connectivity index (χ4n) is 3.86. The molecule has 0 fully saturated rings. The van der Waals surface area contributed by atoms with Crippen LogP contribution in [0.3, 0.4) is 0 Å². The molecule has 1 amide bonds. The van der Waals surface area contributed by atoms with E-state index in [1.54, 1.807) is 25.2 Å². The number of benzene rings is 2. The molecule has 1 unspecified atom stereocenters. The Kier molecular flexibility index (Phi) is 8.10. The molecule has 3 aromatic rings. The second-order valence-electron chi connectivity index (χ2n) is 8.91. The van der Waals surface area contributed by atoms with E-state index in [4.69, 9.17) is 9.52 Å². The standard InChI is InChI=1S/C27H31FN2O4/c1-17(2)14-24(23-16-25(34-18(23)3)20-6-5-7-21(28)15-20)29-22-10-8-19(9-11-22)27(33)30(4)13-12-26(31)32/h5-11,15-17,24,29H,12-14H2,1-4H3,(H,31,32). The van der Waals surface area contributed by atoms with Crippen molar-refractivity contribution in [1.82, 2.24) is 4.90 Å². The van der Waals surface area contributed by atoms with Crippen molar-refractivity contribution in [1.29, 1.82) is 0 Å². The van der Waals surface area contributed by atoms with Gasteiger partial charge in [0.05, 0.1) is 12.5 Å². The van der Waals surface area contributed by atoms with E-state index in [1.807, 2.05) is 31.2 Å². The highest BCUT2D eigenvalue weighted by molar-refractivity contribution is 5.94. The Morgan fingerprint density at radius 2 is 1.82 bits per heavy atom. The largest absolute Gasteiger partial charge is 0.481 e. The number of aliphatic carboxylic acids is 1. The van der Waals surface area contributed by atoms with Crippen molar-refractivity contribution in [2.45, 2.75) is 39.7 Å². The molecule has 7 heteroatoms. The van der Waals surface area contributed by atoms with Crippen LogP contribution < -0.4 is 5.32 Å². The van der Waals surface area contributed by atoms with Gasteiger partial charge in [0.25, 0.3) is 5.91 Å². The van der Waals surface area contributed by atoms with E-state index in [9.17, 15) is 14.0 Å². The molecule has 1 atom stereocenters. The molecule has 0 spiro atoms. The average Bonchev–Trinajstić information content (AvgIpc) is 3.18. The lowest BCUT2D eigenvalue weighted by Gasteiger charge is -2.22. The van der Waals surface area contributed by atoms with E-state index < -0.39 is 5.97 Å². The van der Waals surface area contributed by atoms with Crippen LogP contribution in [0.2, 0.25) is 0 Å². The summed E-state index contributed by atoms with van der Waals surface area (Å²) in [4.78, 5) is 24.7. The van der Waals surface area contributed by atoms with Crippen LogP contribution in [0, 0.1) is 18.7 Å². The van der Waals surface area contributed by atoms with E-state index in [0.717, 1.165) is 23.4 Å². The Bertz CT molecular complexity index is 1140. The van der Waals surface area contributed by atoms with Gasteiger partial charge in [-0.05, 0) is 61.7 Å². The Balaban J connectivity index is 1.78. The molecule has 1 heterocycles. The highest BCUT2D eigenvalue weighted by Gasteiger charge is 2.21. The van der Waals surface area contributed by atoms with Crippen LogP contribution >= 0.6 is 0 Å². The van der Waals surface area contributed by atoms with Crippen LogP contribution in [0.4, 0.5) is 10.1 Å². The molecule has 2 aromatic carbocycles. The van der Waals surface area contributed by atoms with E-state index in [-0.39, 0.29) is 30.7 Å². The maximum Gasteiger partial charge on any atom is 0.305 e. The number of rotatable bonds is 10. The number of amides is 1. The summed E-state index contributed by atoms with van der Waals surface area (Å²) in [6.45, 7) is 6.35. The number of carbonyl (C=O) groups excluding carboxylic acids is 1. The lowest BCUT2D eigenvalue weighted by atomic mass is 9.96. The number of furan rings is 1. The summed E-state index contributed by atoms with van der Waals surface area (Å²) in [5.41, 5.74) is 3.03. The second-order valence-corrected chi connectivity index (χ2v) is 8.91. The number of halogens is 1. The molecule has 1 aromatic heterocycles. The molecule has 0 aliphatic heterocycles. The number of anilines is 1. The highest BCUT2D eigenvalue weighted by Crippen LogP contribution is 2.34. The van der Waals surface area contributed by atoms with E-state index in [0.29, 0.717) is 22.8 Å². The third-order valence-electron chi connectivity index (χ3n) is 5.63. The van der Waals surface area contributed by atoms with Gasteiger partial charge in [-0.15, -0.1) is 0 Å². The van der Waals surface area contributed by atoms with Gasteiger partial charge in [-0.3, -0.25) is 9.59 Å². The number of nitrogens with zero attached hydrogens (tertiary/aromatic N) is 1. The van der Waals surface area contributed by atoms with Crippen molar-refractivity contribution >= 4 is 17.6 Å². The van der Waals surface area contributed by atoms with Gasteiger partial charge < -0.3 is 19.7 Å². The lowest BCUT2D eigenvalue weighted by molar-refractivity contribution is -0.137. The van der Waals surface area contributed by atoms with Gasteiger partial charge in [0, 0.05) is 36.0 Å². The molecule has 0 radical (unpaired) electrons. The minimum absolute atomic E-state index is 0.0362. The van der Waals surface area contributed by atoms with Gasteiger partial charge in [-0.1, -0.05) is 26.0 Å². The lowest BCUT2D eigenvalue weighted by Crippen LogP contribution is -2.29. The molecule has 34 heavy (non-hydrogen) atoms. The molecule has 0 aliphatic rings. The van der Waals surface area contributed by atoms with Crippen LogP contribution in [0.5, 0.6) is 0 Å². The number of aryl methyl sites for hydroxylation is 1. The van der Waals surface area contributed by atoms with Crippen molar-refractivity contribution in [3.63, 3.8) is 0 Å². The number of nitrogens with one attached hydrogen (secondary N) is 1. The Morgan fingerprint density at radius 3 is 2.44 bits per heavy atom. The van der Waals surface area contributed by atoms with Crippen LogP contribution in [0.15, 0.2) is 59.0 Å². The molecule has 0 saturated carbocycles. The van der Waals surface area contributed by atoms with Gasteiger partial charge in [-0.25, -0.2) is 4.39 Å². The Morgan fingerprint density at radius 1 is 1.12 bits per heavy atom. The van der Waals surface area contributed by atoms with Crippen LogP contribution in [-0.4, -0.2) is 35.5 Å². The first-order chi connectivity index (χ1) is 16.1. The van der Waals surface area contributed by atoms with Crippen molar-refractivity contribution in [2.75, 3.05) is 18.9 Å². The third kappa shape index (κ3) is 6.47. The fraction of sp³-hybridized carbons (Fsp3) is 0.333. The van der Waals surface area contributed by atoms with Gasteiger partial charge in [0.15, 0.2) is 0 Å². The number of hydrogen-bond acceptors (Lipinski definition) is 4. The molecular formula is C27H31FN2O4. The van der Waals surface area contributed by atoms with Crippen molar-refractivity contribution in [2.24, 2.45) is 5.92 Å². The van der Waals surface area contributed by atoms with Crippen LogP contribution in [-0.2, 0) is 4.79 Å².